The molecule has 0 radical (unpaired) electrons. The molecule has 1 atom stereocenters. The number of aryl methyl sites for hydroxylation is 1. The second kappa shape index (κ2) is 6.43. The first-order valence-electron chi connectivity index (χ1n) is 6.96. The van der Waals surface area contributed by atoms with Crippen LogP contribution in [0.3, 0.4) is 0 Å². The molecule has 116 valence electrons. The van der Waals surface area contributed by atoms with Crippen molar-refractivity contribution in [3.05, 3.63) is 41.8 Å². The number of carboxylic acids is 1. The van der Waals surface area contributed by atoms with Crippen molar-refractivity contribution in [1.29, 1.82) is 0 Å². The average Bonchev–Trinajstić information content (AvgIpc) is 2.87. The van der Waals surface area contributed by atoms with Gasteiger partial charge in [-0.05, 0) is 25.0 Å². The van der Waals surface area contributed by atoms with Gasteiger partial charge in [-0.15, -0.1) is 0 Å². The molecule has 6 nitrogen and oxygen atoms in total. The van der Waals surface area contributed by atoms with Crippen LogP contribution in [0.4, 0.5) is 0 Å². The number of aromatic nitrogens is 1. The summed E-state index contributed by atoms with van der Waals surface area (Å²) in [7, 11) is 0. The van der Waals surface area contributed by atoms with Crippen LogP contribution in [0.1, 0.15) is 30.1 Å². The highest BCUT2D eigenvalue weighted by atomic mass is 16.4. The molecular weight excluding hydrogens is 284 g/mol. The molecular formula is C16H18N2O4. The van der Waals surface area contributed by atoms with E-state index in [1.54, 1.807) is 20.8 Å². The van der Waals surface area contributed by atoms with E-state index in [2.05, 4.69) is 10.3 Å². The molecule has 0 bridgehead atoms. The fraction of sp³-hybridized carbons (Fsp3) is 0.312. The van der Waals surface area contributed by atoms with Crippen molar-refractivity contribution >= 4 is 11.9 Å². The molecule has 1 amide bonds. The van der Waals surface area contributed by atoms with Crippen LogP contribution in [0, 0.1) is 12.8 Å². The van der Waals surface area contributed by atoms with Gasteiger partial charge in [-0.1, -0.05) is 32.0 Å². The number of carboxylic acid groups (broad SMARTS) is 1. The lowest BCUT2D eigenvalue weighted by atomic mass is 10.0. The van der Waals surface area contributed by atoms with Gasteiger partial charge in [-0.2, -0.15) is 0 Å². The van der Waals surface area contributed by atoms with Crippen LogP contribution in [0.5, 0.6) is 0 Å². The summed E-state index contributed by atoms with van der Waals surface area (Å²) in [6.45, 7) is 5.10. The molecule has 0 aliphatic heterocycles. The van der Waals surface area contributed by atoms with Gasteiger partial charge in [0.15, 0.2) is 0 Å². The number of nitrogens with one attached hydrogen (secondary N) is 1. The number of oxazole rings is 1. The van der Waals surface area contributed by atoms with E-state index < -0.39 is 17.9 Å². The Morgan fingerprint density at radius 2 is 1.86 bits per heavy atom. The Labute approximate surface area is 128 Å². The fourth-order valence-electron chi connectivity index (χ4n) is 2.03. The van der Waals surface area contributed by atoms with Crippen molar-refractivity contribution in [2.75, 3.05) is 0 Å². The molecule has 1 aromatic carbocycles. The number of benzene rings is 1. The van der Waals surface area contributed by atoms with Gasteiger partial charge < -0.3 is 14.8 Å². The van der Waals surface area contributed by atoms with Gasteiger partial charge in [0, 0.05) is 5.56 Å². The minimum absolute atomic E-state index is 0.0331. The van der Waals surface area contributed by atoms with E-state index in [1.807, 2.05) is 30.3 Å². The Kier molecular flexibility index (Phi) is 4.60. The largest absolute Gasteiger partial charge is 0.480 e. The van der Waals surface area contributed by atoms with Crippen molar-refractivity contribution in [1.82, 2.24) is 10.3 Å². The third-order valence-electron chi connectivity index (χ3n) is 3.24. The molecule has 1 heterocycles. The first kappa shape index (κ1) is 15.8. The van der Waals surface area contributed by atoms with E-state index in [1.165, 1.54) is 0 Å². The SMILES string of the molecule is Cc1nc(-c2ccccc2)oc1C(=O)NC(C(=O)O)C(C)C. The lowest BCUT2D eigenvalue weighted by molar-refractivity contribution is -0.140. The number of hydrogen-bond acceptors (Lipinski definition) is 4. The normalized spacial score (nSPS) is 12.2. The third kappa shape index (κ3) is 3.33. The molecule has 1 unspecified atom stereocenters. The zero-order chi connectivity index (χ0) is 16.3. The summed E-state index contributed by atoms with van der Waals surface area (Å²) in [6.07, 6.45) is 0. The monoisotopic (exact) mass is 302 g/mol. The van der Waals surface area contributed by atoms with Crippen molar-refractivity contribution in [3.8, 4) is 11.5 Å². The quantitative estimate of drug-likeness (QED) is 0.885. The standard InChI is InChI=1S/C16H18N2O4/c1-9(2)12(16(20)21)18-14(19)13-10(3)17-15(22-13)11-7-5-4-6-8-11/h4-9,12H,1-3H3,(H,18,19)(H,20,21). The topological polar surface area (TPSA) is 92.4 Å². The molecule has 2 aromatic rings. The number of carbonyl (C=O) groups is 2. The number of carbonyl (C=O) groups excluding carboxylic acids is 1. The summed E-state index contributed by atoms with van der Waals surface area (Å²) in [5.41, 5.74) is 1.17. The Morgan fingerprint density at radius 1 is 1.23 bits per heavy atom. The van der Waals surface area contributed by atoms with Crippen LogP contribution >= 0.6 is 0 Å². The van der Waals surface area contributed by atoms with E-state index in [4.69, 9.17) is 9.52 Å². The van der Waals surface area contributed by atoms with Gasteiger partial charge in [-0.3, -0.25) is 4.79 Å². The first-order chi connectivity index (χ1) is 10.4. The number of nitrogens with zero attached hydrogens (tertiary/aromatic N) is 1. The van der Waals surface area contributed by atoms with Gasteiger partial charge in [0.2, 0.25) is 11.7 Å². The summed E-state index contributed by atoms with van der Waals surface area (Å²) < 4.78 is 5.51. The van der Waals surface area contributed by atoms with Gasteiger partial charge >= 0.3 is 5.97 Å². The van der Waals surface area contributed by atoms with Crippen LogP contribution in [0.2, 0.25) is 0 Å². The van der Waals surface area contributed by atoms with Crippen LogP contribution < -0.4 is 5.32 Å². The van der Waals surface area contributed by atoms with E-state index in [-0.39, 0.29) is 11.7 Å². The highest BCUT2D eigenvalue weighted by Gasteiger charge is 2.27. The van der Waals surface area contributed by atoms with Gasteiger partial charge in [-0.25, -0.2) is 9.78 Å². The van der Waals surface area contributed by atoms with Crippen LogP contribution in [-0.2, 0) is 4.79 Å². The molecule has 2 rings (SSSR count). The molecule has 0 aliphatic carbocycles. The van der Waals surface area contributed by atoms with Crippen LogP contribution in [0.25, 0.3) is 11.5 Å². The predicted octanol–water partition coefficient (Wildman–Crippen LogP) is 2.49. The number of amides is 1. The lowest BCUT2D eigenvalue weighted by Crippen LogP contribution is -2.44. The molecule has 0 saturated heterocycles. The summed E-state index contributed by atoms with van der Waals surface area (Å²) in [4.78, 5) is 27.6. The zero-order valence-corrected chi connectivity index (χ0v) is 12.7. The van der Waals surface area contributed by atoms with E-state index in [0.717, 1.165) is 5.56 Å². The minimum atomic E-state index is -1.08. The third-order valence-corrected chi connectivity index (χ3v) is 3.24. The highest BCUT2D eigenvalue weighted by Crippen LogP contribution is 2.21. The van der Waals surface area contributed by atoms with E-state index in [9.17, 15) is 9.59 Å². The molecule has 0 fully saturated rings. The number of aliphatic carboxylic acids is 1. The maximum absolute atomic E-state index is 12.2. The molecule has 22 heavy (non-hydrogen) atoms. The minimum Gasteiger partial charge on any atom is -0.480 e. The second-order valence-corrected chi connectivity index (χ2v) is 5.33. The molecule has 0 saturated carbocycles. The smallest absolute Gasteiger partial charge is 0.326 e. The Balaban J connectivity index is 2.24. The Bertz CT molecular complexity index is 677. The van der Waals surface area contributed by atoms with Gasteiger partial charge in [0.05, 0.1) is 5.69 Å². The highest BCUT2D eigenvalue weighted by molar-refractivity contribution is 5.95. The molecule has 6 heteroatoms. The predicted molar refractivity (Wildman–Crippen MR) is 80.4 cm³/mol. The Hall–Kier alpha value is -2.63. The number of rotatable bonds is 5. The van der Waals surface area contributed by atoms with Crippen LogP contribution in [-0.4, -0.2) is 28.0 Å². The Morgan fingerprint density at radius 3 is 2.41 bits per heavy atom. The molecule has 0 aliphatic rings. The zero-order valence-electron chi connectivity index (χ0n) is 12.7. The molecule has 0 spiro atoms. The number of hydrogen-bond donors (Lipinski definition) is 2. The van der Waals surface area contributed by atoms with E-state index in [0.29, 0.717) is 11.6 Å². The summed E-state index contributed by atoms with van der Waals surface area (Å²) in [5.74, 6) is -1.53. The fourth-order valence-corrected chi connectivity index (χ4v) is 2.03. The first-order valence-corrected chi connectivity index (χ1v) is 6.96. The summed E-state index contributed by atoms with van der Waals surface area (Å²) in [5, 5.41) is 11.6. The van der Waals surface area contributed by atoms with Gasteiger partial charge in [0.1, 0.15) is 6.04 Å². The maximum Gasteiger partial charge on any atom is 0.326 e. The molecule has 1 aromatic heterocycles. The van der Waals surface area contributed by atoms with Crippen molar-refractivity contribution in [3.63, 3.8) is 0 Å². The summed E-state index contributed by atoms with van der Waals surface area (Å²) >= 11 is 0. The average molecular weight is 302 g/mol. The van der Waals surface area contributed by atoms with Crippen molar-refractivity contribution in [2.45, 2.75) is 26.8 Å². The van der Waals surface area contributed by atoms with Crippen molar-refractivity contribution in [2.24, 2.45) is 5.92 Å². The van der Waals surface area contributed by atoms with Crippen molar-refractivity contribution < 1.29 is 19.1 Å². The molecule has 2 N–H and O–H groups in total. The summed E-state index contributed by atoms with van der Waals surface area (Å²) in [6, 6.07) is 8.22. The van der Waals surface area contributed by atoms with Gasteiger partial charge in [0.25, 0.3) is 5.91 Å². The second-order valence-electron chi connectivity index (χ2n) is 5.33. The van der Waals surface area contributed by atoms with E-state index >= 15 is 0 Å². The maximum atomic E-state index is 12.2. The lowest BCUT2D eigenvalue weighted by Gasteiger charge is -2.16. The van der Waals surface area contributed by atoms with Crippen LogP contribution in [0.15, 0.2) is 34.7 Å².